The lowest BCUT2D eigenvalue weighted by atomic mass is 9.97. The molecule has 5 rings (SSSR count). The molecule has 10 atom stereocenters. The van der Waals surface area contributed by atoms with E-state index in [-0.39, 0.29) is 16.9 Å². The number of rotatable bonds is 6. The third-order valence-corrected chi connectivity index (χ3v) is 7.12. The van der Waals surface area contributed by atoms with Crippen LogP contribution in [-0.2, 0) is 14.2 Å². The molecular formula is C25H30O14. The molecule has 2 fully saturated rings. The molecule has 0 spiro atoms. The van der Waals surface area contributed by atoms with Crippen molar-refractivity contribution in [2.75, 3.05) is 13.2 Å². The highest BCUT2D eigenvalue weighted by Gasteiger charge is 2.51. The minimum absolute atomic E-state index is 0.0207. The lowest BCUT2D eigenvalue weighted by molar-refractivity contribution is -0.352. The Morgan fingerprint density at radius 3 is 2.10 bits per heavy atom. The molecule has 1 aromatic carbocycles. The summed E-state index contributed by atoms with van der Waals surface area (Å²) in [7, 11) is 0. The van der Waals surface area contributed by atoms with Crippen LogP contribution >= 0.6 is 0 Å². The third kappa shape index (κ3) is 4.82. The molecule has 14 nitrogen and oxygen atoms in total. The Kier molecular flexibility index (Phi) is 7.69. The van der Waals surface area contributed by atoms with Crippen LogP contribution in [0.2, 0.25) is 0 Å². The molecule has 2 saturated heterocycles. The predicted molar refractivity (Wildman–Crippen MR) is 129 cm³/mol. The van der Waals surface area contributed by atoms with E-state index in [1.54, 1.807) is 19.9 Å². The van der Waals surface area contributed by atoms with E-state index in [1.807, 2.05) is 0 Å². The van der Waals surface area contributed by atoms with Crippen molar-refractivity contribution in [3.8, 4) is 5.75 Å². The highest BCUT2D eigenvalue weighted by atomic mass is 16.7. The maximum atomic E-state index is 12.1. The molecule has 2 aliphatic heterocycles. The van der Waals surface area contributed by atoms with E-state index in [1.165, 1.54) is 12.3 Å². The van der Waals surface area contributed by atoms with Crippen LogP contribution in [0.4, 0.5) is 0 Å². The molecule has 4 heterocycles. The molecule has 0 amide bonds. The Morgan fingerprint density at radius 2 is 1.41 bits per heavy atom. The normalized spacial score (nSPS) is 35.5. The standard InChI is InChI=1S/C25H30O14/c1-8-3-14(28)37-21-10(8)4-11-9(2)7-34-20(11)23(21)39-25-19(33)17(31)22(13(6-27)36-25)38-24-18(32)16(30)15(29)12(5-26)35-24/h3-4,7,12-13,15-19,22,24-27,29-33H,5-6H2,1-2H3/t12-,13-,15-,16+,17-,18-,19-,22-,24-,25+/m1/s1. The molecule has 2 aliphatic rings. The van der Waals surface area contributed by atoms with E-state index in [4.69, 9.17) is 27.8 Å². The summed E-state index contributed by atoms with van der Waals surface area (Å²) in [5.41, 5.74) is 0.916. The highest BCUT2D eigenvalue weighted by molar-refractivity contribution is 6.02. The summed E-state index contributed by atoms with van der Waals surface area (Å²) in [6.45, 7) is 2.06. The van der Waals surface area contributed by atoms with Crippen LogP contribution in [0.25, 0.3) is 21.9 Å². The molecule has 0 aliphatic carbocycles. The first kappa shape index (κ1) is 27.9. The number of aliphatic hydroxyl groups is 7. The van der Waals surface area contributed by atoms with E-state index < -0.39 is 80.3 Å². The summed E-state index contributed by atoms with van der Waals surface area (Å²) in [5, 5.41) is 72.7. The first-order chi connectivity index (χ1) is 18.5. The second-order valence-electron chi connectivity index (χ2n) is 9.75. The number of ether oxygens (including phenoxy) is 4. The minimum Gasteiger partial charge on any atom is -0.460 e. The van der Waals surface area contributed by atoms with Crippen LogP contribution in [-0.4, -0.2) is 110 Å². The van der Waals surface area contributed by atoms with Gasteiger partial charge in [0.15, 0.2) is 17.5 Å². The van der Waals surface area contributed by atoms with Gasteiger partial charge in [-0.05, 0) is 31.0 Å². The number of fused-ring (bicyclic) bond motifs is 2. The first-order valence-corrected chi connectivity index (χ1v) is 12.3. The van der Waals surface area contributed by atoms with Gasteiger partial charge in [0.25, 0.3) is 0 Å². The lowest BCUT2D eigenvalue weighted by Crippen LogP contribution is -2.65. The van der Waals surface area contributed by atoms with Crippen molar-refractivity contribution in [2.24, 2.45) is 0 Å². The number of hydrogen-bond acceptors (Lipinski definition) is 14. The fourth-order valence-corrected chi connectivity index (χ4v) is 4.90. The van der Waals surface area contributed by atoms with Crippen molar-refractivity contribution in [2.45, 2.75) is 75.3 Å². The van der Waals surface area contributed by atoms with Gasteiger partial charge in [0.05, 0.1) is 19.5 Å². The van der Waals surface area contributed by atoms with E-state index >= 15 is 0 Å². The minimum atomic E-state index is -1.81. The Bertz CT molecular complexity index is 1380. The Balaban J connectivity index is 1.45. The summed E-state index contributed by atoms with van der Waals surface area (Å²) in [6, 6.07) is 3.08. The average Bonchev–Trinajstić information content (AvgIpc) is 3.28. The number of aryl methyl sites for hydroxylation is 2. The fraction of sp³-hybridized carbons (Fsp3) is 0.560. The van der Waals surface area contributed by atoms with Gasteiger partial charge in [-0.1, -0.05) is 0 Å². The van der Waals surface area contributed by atoms with Crippen molar-refractivity contribution in [1.29, 1.82) is 0 Å². The third-order valence-electron chi connectivity index (χ3n) is 7.12. The summed E-state index contributed by atoms with van der Waals surface area (Å²) >= 11 is 0. The lowest BCUT2D eigenvalue weighted by Gasteiger charge is -2.45. The number of furan rings is 1. The van der Waals surface area contributed by atoms with Gasteiger partial charge in [-0.15, -0.1) is 0 Å². The highest BCUT2D eigenvalue weighted by Crippen LogP contribution is 2.40. The quantitative estimate of drug-likeness (QED) is 0.166. The maximum Gasteiger partial charge on any atom is 0.336 e. The second-order valence-corrected chi connectivity index (χ2v) is 9.75. The number of benzene rings is 1. The van der Waals surface area contributed by atoms with Gasteiger partial charge in [-0.3, -0.25) is 0 Å². The second kappa shape index (κ2) is 10.7. The summed E-state index contributed by atoms with van der Waals surface area (Å²) in [4.78, 5) is 12.1. The number of hydrogen-bond donors (Lipinski definition) is 7. The monoisotopic (exact) mass is 554 g/mol. The largest absolute Gasteiger partial charge is 0.460 e. The van der Waals surface area contributed by atoms with Crippen molar-refractivity contribution >= 4 is 21.9 Å². The molecule has 0 bridgehead atoms. The van der Waals surface area contributed by atoms with Crippen molar-refractivity contribution in [3.63, 3.8) is 0 Å². The van der Waals surface area contributed by atoms with Gasteiger partial charge in [0.2, 0.25) is 12.0 Å². The Hall–Kier alpha value is -2.63. The molecule has 214 valence electrons. The van der Waals surface area contributed by atoms with Crippen LogP contribution in [0.1, 0.15) is 11.1 Å². The van der Waals surface area contributed by atoms with Gasteiger partial charge >= 0.3 is 5.63 Å². The zero-order valence-electron chi connectivity index (χ0n) is 20.9. The van der Waals surface area contributed by atoms with Crippen LogP contribution < -0.4 is 10.4 Å². The van der Waals surface area contributed by atoms with Gasteiger partial charge in [-0.25, -0.2) is 4.79 Å². The van der Waals surface area contributed by atoms with Crippen molar-refractivity contribution in [3.05, 3.63) is 39.9 Å². The number of aliphatic hydroxyl groups excluding tert-OH is 7. The van der Waals surface area contributed by atoms with Crippen LogP contribution in [0.3, 0.4) is 0 Å². The predicted octanol–water partition coefficient (Wildman–Crippen LogP) is -1.84. The molecule has 39 heavy (non-hydrogen) atoms. The van der Waals surface area contributed by atoms with Crippen molar-refractivity contribution < 1.29 is 63.5 Å². The summed E-state index contributed by atoms with van der Waals surface area (Å²) < 4.78 is 33.5. The van der Waals surface area contributed by atoms with Gasteiger partial charge in [0, 0.05) is 16.8 Å². The molecule has 2 aromatic heterocycles. The molecule has 14 heteroatoms. The van der Waals surface area contributed by atoms with Gasteiger partial charge in [-0.2, -0.15) is 0 Å². The molecule has 3 aromatic rings. The SMILES string of the molecule is Cc1coc2c(O[C@@H]3O[C@H](CO)[C@@H](O[C@H]4O[C@H](CO)[C@@H](O)[C@H](O)[C@H]4O)[C@H](O)[C@H]3O)c3oc(=O)cc(C)c3cc12. The summed E-state index contributed by atoms with van der Waals surface area (Å²) in [6.07, 6.45) is -14.7. The van der Waals surface area contributed by atoms with Gasteiger partial charge < -0.3 is 63.5 Å². The maximum absolute atomic E-state index is 12.1. The van der Waals surface area contributed by atoms with Crippen LogP contribution in [0, 0.1) is 13.8 Å². The Labute approximate surface area is 220 Å². The Morgan fingerprint density at radius 1 is 0.769 bits per heavy atom. The van der Waals surface area contributed by atoms with Crippen LogP contribution in [0.5, 0.6) is 5.75 Å². The zero-order valence-corrected chi connectivity index (χ0v) is 20.9. The molecule has 0 radical (unpaired) electrons. The van der Waals surface area contributed by atoms with Gasteiger partial charge in [0.1, 0.15) is 48.8 Å². The van der Waals surface area contributed by atoms with E-state index in [9.17, 15) is 40.5 Å². The van der Waals surface area contributed by atoms with Crippen molar-refractivity contribution in [1.82, 2.24) is 0 Å². The summed E-state index contributed by atoms with van der Waals surface area (Å²) in [5.74, 6) is -0.0716. The first-order valence-electron chi connectivity index (χ1n) is 12.3. The molecule has 0 unspecified atom stereocenters. The topological polar surface area (TPSA) is 222 Å². The molecule has 0 saturated carbocycles. The van der Waals surface area contributed by atoms with E-state index in [2.05, 4.69) is 0 Å². The molecular weight excluding hydrogens is 524 g/mol. The molecule has 7 N–H and O–H groups in total. The average molecular weight is 555 g/mol. The smallest absolute Gasteiger partial charge is 0.336 e. The zero-order chi connectivity index (χ0) is 28.2. The fourth-order valence-electron chi connectivity index (χ4n) is 4.90. The van der Waals surface area contributed by atoms with Crippen LogP contribution in [0.15, 0.2) is 32.0 Å². The van der Waals surface area contributed by atoms with E-state index in [0.29, 0.717) is 16.3 Å². The van der Waals surface area contributed by atoms with E-state index in [0.717, 1.165) is 5.56 Å².